The van der Waals surface area contributed by atoms with Crippen LogP contribution in [0.15, 0.2) is 24.3 Å². The molecule has 1 heterocycles. The van der Waals surface area contributed by atoms with Crippen LogP contribution >= 0.6 is 0 Å². The van der Waals surface area contributed by atoms with Gasteiger partial charge in [0.25, 0.3) is 0 Å². The Morgan fingerprint density at radius 1 is 1.22 bits per heavy atom. The van der Waals surface area contributed by atoms with E-state index in [1.807, 2.05) is 24.3 Å². The number of ketones is 1. The van der Waals surface area contributed by atoms with Crippen molar-refractivity contribution in [2.75, 3.05) is 33.4 Å². The van der Waals surface area contributed by atoms with Crippen LogP contribution in [0.5, 0.6) is 11.5 Å². The predicted molar refractivity (Wildman–Crippen MR) is 69.2 cm³/mol. The second-order valence-corrected chi connectivity index (χ2v) is 4.44. The van der Waals surface area contributed by atoms with Crippen LogP contribution in [-0.2, 0) is 4.79 Å². The lowest BCUT2D eigenvalue weighted by Gasteiger charge is -2.25. The lowest BCUT2D eigenvalue weighted by molar-refractivity contribution is -0.122. The maximum Gasteiger partial charge on any atom is 0.146 e. The van der Waals surface area contributed by atoms with Gasteiger partial charge in [0.2, 0.25) is 0 Å². The molecule has 1 aromatic rings. The Morgan fingerprint density at radius 2 is 1.94 bits per heavy atom. The van der Waals surface area contributed by atoms with Crippen molar-refractivity contribution in [1.82, 2.24) is 4.90 Å². The van der Waals surface area contributed by atoms with Gasteiger partial charge in [-0.1, -0.05) is 0 Å². The van der Waals surface area contributed by atoms with E-state index in [0.717, 1.165) is 37.4 Å². The number of Topliss-reactive ketones (excluding diaryl/α,β-unsaturated/α-hetero) is 1. The van der Waals surface area contributed by atoms with Crippen LogP contribution in [-0.4, -0.2) is 44.0 Å². The number of carbonyl (C=O) groups excluding carboxylic acids is 1. The smallest absolute Gasteiger partial charge is 0.146 e. The Balaban J connectivity index is 1.72. The highest BCUT2D eigenvalue weighted by molar-refractivity contribution is 5.81. The molecule has 0 amide bonds. The maximum atomic E-state index is 11.3. The zero-order valence-corrected chi connectivity index (χ0v) is 10.7. The van der Waals surface area contributed by atoms with Crippen molar-refractivity contribution >= 4 is 5.78 Å². The molecule has 4 heteroatoms. The highest BCUT2D eigenvalue weighted by atomic mass is 16.5. The van der Waals surface area contributed by atoms with Crippen LogP contribution < -0.4 is 9.47 Å². The fraction of sp³-hybridized carbons (Fsp3) is 0.500. The summed E-state index contributed by atoms with van der Waals surface area (Å²) in [5.41, 5.74) is 0. The lowest BCUT2D eigenvalue weighted by Crippen LogP contribution is -2.38. The molecule has 1 aliphatic rings. The van der Waals surface area contributed by atoms with Gasteiger partial charge in [0.15, 0.2) is 0 Å². The Hall–Kier alpha value is -1.55. The molecular weight excluding hydrogens is 230 g/mol. The van der Waals surface area contributed by atoms with Crippen molar-refractivity contribution < 1.29 is 14.3 Å². The maximum absolute atomic E-state index is 11.3. The number of methoxy groups -OCH3 is 1. The summed E-state index contributed by atoms with van der Waals surface area (Å²) in [6.07, 6.45) is 1.71. The van der Waals surface area contributed by atoms with Crippen LogP contribution in [0.4, 0.5) is 0 Å². The molecule has 0 N–H and O–H groups in total. The van der Waals surface area contributed by atoms with Gasteiger partial charge in [0, 0.05) is 13.0 Å². The molecule has 4 nitrogen and oxygen atoms in total. The third-order valence-electron chi connectivity index (χ3n) is 3.07. The van der Waals surface area contributed by atoms with Crippen LogP contribution in [0.3, 0.4) is 0 Å². The van der Waals surface area contributed by atoms with E-state index in [4.69, 9.17) is 9.47 Å². The molecule has 0 saturated carbocycles. The number of ether oxygens (including phenoxy) is 2. The molecule has 0 aromatic heterocycles. The first-order chi connectivity index (χ1) is 8.78. The molecule has 1 saturated heterocycles. The molecule has 0 bridgehead atoms. The van der Waals surface area contributed by atoms with Gasteiger partial charge in [-0.15, -0.1) is 0 Å². The zero-order valence-electron chi connectivity index (χ0n) is 10.7. The molecular formula is C14H19NO3. The largest absolute Gasteiger partial charge is 0.497 e. The van der Waals surface area contributed by atoms with Gasteiger partial charge in [0.1, 0.15) is 23.9 Å². The van der Waals surface area contributed by atoms with E-state index in [0.29, 0.717) is 18.9 Å². The van der Waals surface area contributed by atoms with E-state index in [9.17, 15) is 4.79 Å². The number of hydrogen-bond donors (Lipinski definition) is 0. The molecule has 98 valence electrons. The van der Waals surface area contributed by atoms with Gasteiger partial charge < -0.3 is 9.47 Å². The standard InChI is InChI=1S/C14H19NO3/c1-17-13-4-6-14(7-5-13)18-10-9-15-8-2-3-12(16)11-15/h4-7H,2-3,8-11H2,1H3. The van der Waals surface area contributed by atoms with Crippen LogP contribution in [0, 0.1) is 0 Å². The number of carbonyl (C=O) groups is 1. The topological polar surface area (TPSA) is 38.8 Å². The van der Waals surface area contributed by atoms with E-state index in [-0.39, 0.29) is 0 Å². The van der Waals surface area contributed by atoms with Crippen molar-refractivity contribution in [3.8, 4) is 11.5 Å². The Morgan fingerprint density at radius 3 is 2.61 bits per heavy atom. The Labute approximate surface area is 107 Å². The predicted octanol–water partition coefficient (Wildman–Crippen LogP) is 1.74. The van der Waals surface area contributed by atoms with Gasteiger partial charge in [-0.2, -0.15) is 0 Å². The second-order valence-electron chi connectivity index (χ2n) is 4.44. The Bertz CT molecular complexity index is 389. The summed E-state index contributed by atoms with van der Waals surface area (Å²) in [5, 5.41) is 0. The van der Waals surface area contributed by atoms with E-state index in [1.165, 1.54) is 0 Å². The third kappa shape index (κ3) is 3.74. The van der Waals surface area contributed by atoms with Gasteiger partial charge in [-0.05, 0) is 37.2 Å². The summed E-state index contributed by atoms with van der Waals surface area (Å²) in [4.78, 5) is 13.4. The van der Waals surface area contributed by atoms with Crippen molar-refractivity contribution in [1.29, 1.82) is 0 Å². The van der Waals surface area contributed by atoms with E-state index < -0.39 is 0 Å². The summed E-state index contributed by atoms with van der Waals surface area (Å²) in [6.45, 7) is 2.99. The molecule has 0 atom stereocenters. The number of nitrogens with zero attached hydrogens (tertiary/aromatic N) is 1. The first-order valence-corrected chi connectivity index (χ1v) is 6.29. The van der Waals surface area contributed by atoms with Crippen molar-refractivity contribution in [2.45, 2.75) is 12.8 Å². The molecule has 1 aliphatic heterocycles. The number of hydrogen-bond acceptors (Lipinski definition) is 4. The van der Waals surface area contributed by atoms with Gasteiger partial charge in [-0.3, -0.25) is 9.69 Å². The first kappa shape index (κ1) is 12.9. The summed E-state index contributed by atoms with van der Waals surface area (Å²) >= 11 is 0. The monoisotopic (exact) mass is 249 g/mol. The molecule has 1 aromatic carbocycles. The molecule has 18 heavy (non-hydrogen) atoms. The number of piperidine rings is 1. The average Bonchev–Trinajstić information content (AvgIpc) is 2.40. The van der Waals surface area contributed by atoms with E-state index in [2.05, 4.69) is 4.90 Å². The second kappa shape index (κ2) is 6.40. The number of rotatable bonds is 5. The van der Waals surface area contributed by atoms with Crippen LogP contribution in [0.2, 0.25) is 0 Å². The summed E-state index contributed by atoms with van der Waals surface area (Å²) < 4.78 is 10.7. The highest BCUT2D eigenvalue weighted by Gasteiger charge is 2.15. The average molecular weight is 249 g/mol. The quantitative estimate of drug-likeness (QED) is 0.796. The third-order valence-corrected chi connectivity index (χ3v) is 3.07. The molecule has 0 radical (unpaired) electrons. The lowest BCUT2D eigenvalue weighted by atomic mass is 10.1. The molecule has 0 spiro atoms. The molecule has 1 fully saturated rings. The molecule has 0 unspecified atom stereocenters. The summed E-state index contributed by atoms with van der Waals surface area (Å²) in [5.74, 6) is 1.99. The van der Waals surface area contributed by atoms with Gasteiger partial charge in [0.05, 0.1) is 13.7 Å². The number of benzene rings is 1. The number of likely N-dealkylation sites (tertiary alicyclic amines) is 1. The van der Waals surface area contributed by atoms with Crippen molar-refractivity contribution in [3.63, 3.8) is 0 Å². The Kier molecular flexibility index (Phi) is 4.59. The van der Waals surface area contributed by atoms with Gasteiger partial charge in [-0.25, -0.2) is 0 Å². The first-order valence-electron chi connectivity index (χ1n) is 6.29. The van der Waals surface area contributed by atoms with Crippen molar-refractivity contribution in [3.05, 3.63) is 24.3 Å². The van der Waals surface area contributed by atoms with E-state index in [1.54, 1.807) is 7.11 Å². The normalized spacial score (nSPS) is 16.6. The van der Waals surface area contributed by atoms with Crippen LogP contribution in [0.25, 0.3) is 0 Å². The SMILES string of the molecule is COc1ccc(OCCN2CCCC(=O)C2)cc1. The molecule has 2 rings (SSSR count). The minimum atomic E-state index is 0.339. The highest BCUT2D eigenvalue weighted by Crippen LogP contribution is 2.17. The van der Waals surface area contributed by atoms with Crippen molar-refractivity contribution in [2.24, 2.45) is 0 Å². The molecule has 0 aliphatic carbocycles. The summed E-state index contributed by atoms with van der Waals surface area (Å²) in [7, 11) is 1.64. The van der Waals surface area contributed by atoms with Gasteiger partial charge >= 0.3 is 0 Å². The zero-order chi connectivity index (χ0) is 12.8. The summed E-state index contributed by atoms with van der Waals surface area (Å²) in [6, 6.07) is 7.53. The van der Waals surface area contributed by atoms with Crippen LogP contribution in [0.1, 0.15) is 12.8 Å². The fourth-order valence-corrected chi connectivity index (χ4v) is 2.06. The fourth-order valence-electron chi connectivity index (χ4n) is 2.06. The minimum absolute atomic E-state index is 0.339. The minimum Gasteiger partial charge on any atom is -0.497 e. The van der Waals surface area contributed by atoms with E-state index >= 15 is 0 Å².